The maximum absolute atomic E-state index is 15.6. The number of unbranched alkanes of at least 4 members (excludes halogenated alkanes) is 2. The summed E-state index contributed by atoms with van der Waals surface area (Å²) in [4.78, 5) is 165. The van der Waals surface area contributed by atoms with Gasteiger partial charge in [0.2, 0.25) is 29.5 Å². The Hall–Kier alpha value is -9.88. The molecule has 0 radical (unpaired) electrons. The molecule has 2 unspecified atom stereocenters. The highest BCUT2D eigenvalue weighted by Gasteiger charge is 2.51. The second-order valence-corrected chi connectivity index (χ2v) is 26.5. The molecule has 554 valence electrons. The molecule has 13 atom stereocenters. The average molecular weight is 1440 g/mol. The number of aromatic nitrogens is 2. The number of urea groups is 1. The molecule has 2 aromatic carbocycles. The van der Waals surface area contributed by atoms with Crippen molar-refractivity contribution in [1.82, 2.24) is 51.7 Å². The number of primary amides is 1. The van der Waals surface area contributed by atoms with Gasteiger partial charge in [0.25, 0.3) is 23.3 Å². The number of halogens is 1. The number of nitrogens with zero attached hydrogens (tertiary/aromatic N) is 3. The quantitative estimate of drug-likeness (QED) is 0.0144. The lowest BCUT2D eigenvalue weighted by molar-refractivity contribution is -0.172. The van der Waals surface area contributed by atoms with Crippen LogP contribution < -0.4 is 53.8 Å². The molecule has 0 saturated carbocycles. The number of ether oxygens (including phenoxy) is 4. The maximum atomic E-state index is 15.6. The molecule has 11 amide bonds. The third kappa shape index (κ3) is 16.5. The molecule has 1 aliphatic carbocycles. The number of cyclic esters (lactones) is 1. The van der Waals surface area contributed by atoms with Crippen molar-refractivity contribution in [3.05, 3.63) is 104 Å². The van der Waals surface area contributed by atoms with E-state index in [9.17, 15) is 88.2 Å². The van der Waals surface area contributed by atoms with E-state index in [0.717, 1.165) is 17.1 Å². The zero-order valence-electron chi connectivity index (χ0n) is 56.7. The van der Waals surface area contributed by atoms with Crippen LogP contribution in [0.15, 0.2) is 53.3 Å². The Labute approximate surface area is 586 Å². The molecule has 2 saturated heterocycles. The monoisotopic (exact) mass is 1440 g/mol. The first-order valence-electron chi connectivity index (χ1n) is 33.9. The summed E-state index contributed by atoms with van der Waals surface area (Å²) in [6.45, 7) is 5.16. The molecule has 0 spiro atoms. The summed E-state index contributed by atoms with van der Waals surface area (Å²) >= 11 is 0. The minimum atomic E-state index is -2.09. The van der Waals surface area contributed by atoms with Gasteiger partial charge < -0.3 is 102 Å². The Morgan fingerprint density at radius 1 is 0.786 bits per heavy atom. The third-order valence-corrected chi connectivity index (χ3v) is 19.3. The number of alkyl carbamates (subject to hydrolysis) is 1. The number of amides is 11. The van der Waals surface area contributed by atoms with E-state index < -0.39 is 181 Å². The number of hydrogen-bond donors (Lipinski definition) is 15. The summed E-state index contributed by atoms with van der Waals surface area (Å²) in [5.41, 5.74) is 6.77. The Morgan fingerprint density at radius 3 is 2.17 bits per heavy atom. The summed E-state index contributed by atoms with van der Waals surface area (Å²) < 4.78 is 38.7. The van der Waals surface area contributed by atoms with E-state index >= 15 is 4.39 Å². The first-order chi connectivity index (χ1) is 49.0. The molecule has 4 aromatic rings. The molecule has 35 heteroatoms. The number of pyridine rings is 2. The average Bonchev–Trinajstić information content (AvgIpc) is 1.61. The van der Waals surface area contributed by atoms with Gasteiger partial charge in [0.1, 0.15) is 67.7 Å². The predicted molar refractivity (Wildman–Crippen MR) is 354 cm³/mol. The minimum Gasteiger partial charge on any atom is -0.458 e. The Bertz CT molecular complexity index is 4100. The largest absolute Gasteiger partial charge is 0.458 e. The van der Waals surface area contributed by atoms with E-state index in [1.807, 2.05) is 0 Å². The number of rotatable bonds is 29. The van der Waals surface area contributed by atoms with E-state index in [1.165, 1.54) is 22.8 Å². The molecular weight excluding hydrogens is 1360 g/mol. The SMILES string of the molecule is CC[C@@]1(O)C(=O)OCc2c1cc1n(c2=O)Cc2c-1nc1cc(F)c(C)c3c1c2[C@@H](NC(=O)OCc1ccc(NC(=O)[C@H](CCCNC(N)=O)NC(=O)[C@H](NC(=O)[C@H](CCC(=O)NC2O[C@H](C(=O)NC4O[C@H](CO)[C@@H](O)[C@H]4O)[C@@H](O)[C@H]2O)NC(=O)CCCCCN2C(=O)C=CC2=O)C(C)C)cc1)CC3. The summed E-state index contributed by atoms with van der Waals surface area (Å²) in [5, 5.41) is 83.9. The van der Waals surface area contributed by atoms with Crippen molar-refractivity contribution in [2.75, 3.05) is 25.0 Å². The highest BCUT2D eigenvalue weighted by atomic mass is 19.1. The predicted octanol–water partition coefficient (Wildman–Crippen LogP) is -1.68. The zero-order chi connectivity index (χ0) is 74.5. The maximum Gasteiger partial charge on any atom is 0.407 e. The second kappa shape index (κ2) is 32.2. The van der Waals surface area contributed by atoms with E-state index in [-0.39, 0.29) is 87.3 Å². The van der Waals surface area contributed by atoms with E-state index in [1.54, 1.807) is 45.9 Å². The Morgan fingerprint density at radius 2 is 1.49 bits per heavy atom. The first kappa shape index (κ1) is 75.8. The van der Waals surface area contributed by atoms with Crippen LogP contribution in [-0.4, -0.2) is 197 Å². The van der Waals surface area contributed by atoms with E-state index in [2.05, 4.69) is 42.5 Å². The van der Waals surface area contributed by atoms with Crippen LogP contribution in [0.4, 0.5) is 19.7 Å². The summed E-state index contributed by atoms with van der Waals surface area (Å²) in [5.74, 6) is -8.35. The summed E-state index contributed by atoms with van der Waals surface area (Å²) in [6, 6.07) is 3.11. The number of aryl methyl sites for hydroxylation is 1. The van der Waals surface area contributed by atoms with Gasteiger partial charge in [0, 0.05) is 66.4 Å². The van der Waals surface area contributed by atoms with Crippen molar-refractivity contribution in [2.45, 2.75) is 197 Å². The smallest absolute Gasteiger partial charge is 0.407 e. The highest BCUT2D eigenvalue weighted by Crippen LogP contribution is 2.46. The number of imide groups is 1. The number of aliphatic hydroxyl groups is 6. The van der Waals surface area contributed by atoms with Crippen LogP contribution in [0.3, 0.4) is 0 Å². The lowest BCUT2D eigenvalue weighted by atomic mass is 9.81. The number of fused-ring (bicyclic) bond motifs is 5. The fourth-order valence-electron chi connectivity index (χ4n) is 13.5. The molecule has 103 heavy (non-hydrogen) atoms. The van der Waals surface area contributed by atoms with Crippen molar-refractivity contribution in [3.8, 4) is 11.4 Å². The van der Waals surface area contributed by atoms with Crippen LogP contribution in [0.5, 0.6) is 0 Å². The fourth-order valence-corrected chi connectivity index (χ4v) is 13.5. The fraction of sp³-hybridized carbons (Fsp3) is 0.515. The van der Waals surface area contributed by atoms with Crippen molar-refractivity contribution < 1.29 is 107 Å². The van der Waals surface area contributed by atoms with Crippen molar-refractivity contribution in [1.29, 1.82) is 0 Å². The molecule has 6 aliphatic rings. The Kier molecular flexibility index (Phi) is 23.7. The van der Waals surface area contributed by atoms with Gasteiger partial charge in [-0.2, -0.15) is 0 Å². The van der Waals surface area contributed by atoms with Gasteiger partial charge in [-0.15, -0.1) is 0 Å². The molecule has 10 rings (SSSR count). The molecular formula is C68H83FN12O22. The van der Waals surface area contributed by atoms with Gasteiger partial charge >= 0.3 is 18.1 Å². The molecule has 34 nitrogen and oxygen atoms in total. The van der Waals surface area contributed by atoms with Crippen molar-refractivity contribution in [2.24, 2.45) is 11.7 Å². The number of anilines is 1. The topological polar surface area (TPSA) is 506 Å². The minimum absolute atomic E-state index is 0.0101. The highest BCUT2D eigenvalue weighted by molar-refractivity contribution is 6.13. The number of aliphatic hydroxyl groups excluding tert-OH is 5. The molecule has 5 aliphatic heterocycles. The van der Waals surface area contributed by atoms with Crippen LogP contribution in [0.1, 0.15) is 130 Å². The van der Waals surface area contributed by atoms with Crippen LogP contribution in [0.2, 0.25) is 0 Å². The lowest BCUT2D eigenvalue weighted by Gasteiger charge is -2.31. The van der Waals surface area contributed by atoms with Crippen LogP contribution in [-0.2, 0) is 93.9 Å². The van der Waals surface area contributed by atoms with Crippen molar-refractivity contribution in [3.63, 3.8) is 0 Å². The number of nitrogens with one attached hydrogen (secondary N) is 8. The lowest BCUT2D eigenvalue weighted by Crippen LogP contribution is -2.58. The van der Waals surface area contributed by atoms with Gasteiger partial charge in [-0.3, -0.25) is 48.1 Å². The summed E-state index contributed by atoms with van der Waals surface area (Å²) in [7, 11) is 0. The molecule has 0 bridgehead atoms. The van der Waals surface area contributed by atoms with Crippen LogP contribution in [0, 0.1) is 18.7 Å². The Balaban J connectivity index is 0.774. The molecule has 2 fully saturated rings. The van der Waals surface area contributed by atoms with Gasteiger partial charge in [0.05, 0.1) is 41.7 Å². The summed E-state index contributed by atoms with van der Waals surface area (Å²) in [6.07, 6.45) is -11.8. The van der Waals surface area contributed by atoms with E-state index in [4.69, 9.17) is 29.7 Å². The number of hydrogen-bond acceptors (Lipinski definition) is 23. The van der Waals surface area contributed by atoms with Gasteiger partial charge in [-0.25, -0.2) is 23.8 Å². The molecule has 7 heterocycles. The molecule has 2 aromatic heterocycles. The van der Waals surface area contributed by atoms with Crippen molar-refractivity contribution >= 4 is 81.9 Å². The second-order valence-electron chi connectivity index (χ2n) is 26.5. The zero-order valence-corrected chi connectivity index (χ0v) is 56.7. The van der Waals surface area contributed by atoms with Crippen LogP contribution >= 0.6 is 0 Å². The van der Waals surface area contributed by atoms with Gasteiger partial charge in [0.15, 0.2) is 24.2 Å². The molecule has 16 N–H and O–H groups in total. The van der Waals surface area contributed by atoms with Gasteiger partial charge in [-0.05, 0) is 105 Å². The van der Waals surface area contributed by atoms with E-state index in [0.29, 0.717) is 70.3 Å². The number of nitrogens with two attached hydrogens (primary N) is 1. The normalized spacial score (nSPS) is 23.7. The van der Waals surface area contributed by atoms with Crippen LogP contribution in [0.25, 0.3) is 22.3 Å². The van der Waals surface area contributed by atoms with Gasteiger partial charge in [-0.1, -0.05) is 39.3 Å². The standard InChI is InChI=1S/C68H83FN12O22/c1-5-68(99)37-24-43-52-35(26-81(43)64(95)36(37)29-100-65(68)96)50-39(17-16-34-31(4)38(69)25-42(74-52)49(34)50)76-67(98)101-28-32-12-14-33(15-13-32)72-58(91)40(10-9-22-71-66(70)97)75-60(93)51(30(2)3)78-59(92)41(73-45(83)11-7-6-8-23-80-47(85)20-21-48(80)86)18-19-46(84)77-62-56(90)54(88)57(103-62)61(94)79-63-55(89)53(87)44(27-82)102-63/h12-15,20-21,24-25,30,39-41,44,51,53-57,62-63,82,87-90,99H,5-11,16-19,22-23,26-29H2,1-4H3,(H,72,91)(H,73,83)(H,75,93)(H,76,98)(H,77,84)(H,78,92)(H,79,94)(H3,70,71,97)/t39-,40-,41-,44+,51+,53+,54-,55+,56+,57-,62?,63?,68-/m0/s1. The number of benzene rings is 2. The number of carbonyl (C=O) groups is 11. The number of carbonyl (C=O) groups excluding carboxylic acids is 11. The third-order valence-electron chi connectivity index (χ3n) is 19.3. The number of esters is 1. The first-order valence-corrected chi connectivity index (χ1v) is 33.9.